The molecule has 0 radical (unpaired) electrons. The van der Waals surface area contributed by atoms with Gasteiger partial charge in [0.1, 0.15) is 11.9 Å². The number of ether oxygens (including phenoxy) is 1. The summed E-state index contributed by atoms with van der Waals surface area (Å²) < 4.78 is 46.4. The Morgan fingerprint density at radius 1 is 1.25 bits per heavy atom. The van der Waals surface area contributed by atoms with Crippen LogP contribution in [-0.4, -0.2) is 62.3 Å². The number of aliphatic hydroxyl groups is 1. The van der Waals surface area contributed by atoms with Crippen LogP contribution in [0.25, 0.3) is 0 Å². The molecule has 7 nitrogen and oxygen atoms in total. The van der Waals surface area contributed by atoms with Crippen molar-refractivity contribution >= 4 is 15.9 Å². The molecule has 0 unspecified atom stereocenters. The van der Waals surface area contributed by atoms with Gasteiger partial charge in [-0.25, -0.2) is 17.5 Å². The Hall–Kier alpha value is -1.81. The predicted molar refractivity (Wildman–Crippen MR) is 100 cm³/mol. The molecule has 28 heavy (non-hydrogen) atoms. The van der Waals surface area contributed by atoms with Gasteiger partial charge in [0.05, 0.1) is 30.1 Å². The van der Waals surface area contributed by atoms with E-state index in [2.05, 4.69) is 4.72 Å². The maximum absolute atomic E-state index is 13.3. The van der Waals surface area contributed by atoms with Crippen molar-refractivity contribution in [1.29, 1.82) is 0 Å². The number of halogens is 1. The largest absolute Gasteiger partial charge is 0.394 e. The fourth-order valence-electron chi connectivity index (χ4n) is 3.44. The highest BCUT2D eigenvalue weighted by molar-refractivity contribution is 7.89. The van der Waals surface area contributed by atoms with E-state index < -0.39 is 40.7 Å². The molecule has 3 rings (SSSR count). The first-order valence-corrected chi connectivity index (χ1v) is 10.9. The van der Waals surface area contributed by atoms with Crippen LogP contribution in [-0.2, 0) is 19.6 Å². The zero-order valence-electron chi connectivity index (χ0n) is 15.5. The second-order valence-corrected chi connectivity index (χ2v) is 8.74. The van der Waals surface area contributed by atoms with Gasteiger partial charge in [0.25, 0.3) is 0 Å². The molecule has 1 aromatic carbocycles. The van der Waals surface area contributed by atoms with E-state index >= 15 is 0 Å². The average molecular weight is 412 g/mol. The fraction of sp³-hybridized carbons (Fsp3) is 0.526. The molecule has 2 aliphatic heterocycles. The molecule has 1 fully saturated rings. The quantitative estimate of drug-likeness (QED) is 0.685. The Kier molecular flexibility index (Phi) is 6.82. The van der Waals surface area contributed by atoms with Crippen LogP contribution in [0.3, 0.4) is 0 Å². The first-order chi connectivity index (χ1) is 13.4. The molecule has 0 aliphatic carbocycles. The molecule has 0 aromatic heterocycles. The van der Waals surface area contributed by atoms with Crippen molar-refractivity contribution in [1.82, 2.24) is 9.62 Å². The molecule has 2 heterocycles. The molecule has 154 valence electrons. The Bertz CT molecular complexity index is 823. The molecule has 9 heteroatoms. The number of hydrogen-bond acceptors (Lipinski definition) is 5. The zero-order valence-corrected chi connectivity index (χ0v) is 16.3. The van der Waals surface area contributed by atoms with E-state index in [1.165, 1.54) is 12.1 Å². The number of hydrogen-bond donors (Lipinski definition) is 2. The molecule has 3 atom stereocenters. The van der Waals surface area contributed by atoms with Gasteiger partial charge in [-0.1, -0.05) is 18.2 Å². The molecule has 1 amide bonds. The summed E-state index contributed by atoms with van der Waals surface area (Å²) in [5.74, 6) is -0.668. The average Bonchev–Trinajstić information content (AvgIpc) is 2.69. The van der Waals surface area contributed by atoms with Gasteiger partial charge in [0.2, 0.25) is 15.9 Å². The Balaban J connectivity index is 1.65. The van der Waals surface area contributed by atoms with Crippen LogP contribution >= 0.6 is 0 Å². The molecule has 2 N–H and O–H groups in total. The van der Waals surface area contributed by atoms with Crippen LogP contribution in [0, 0.1) is 5.82 Å². The number of rotatable bonds is 6. The van der Waals surface area contributed by atoms with Gasteiger partial charge in [-0.2, -0.15) is 0 Å². The van der Waals surface area contributed by atoms with Crippen molar-refractivity contribution in [3.05, 3.63) is 42.2 Å². The minimum absolute atomic E-state index is 0.00942. The number of aliphatic hydroxyl groups excluding tert-OH is 1. The smallest absolute Gasteiger partial charge is 0.241 e. The van der Waals surface area contributed by atoms with Crippen molar-refractivity contribution in [2.24, 2.45) is 0 Å². The molecule has 2 aliphatic rings. The minimum atomic E-state index is -3.99. The standard InChI is InChI=1S/C19H25FN2O5S/c20-14-5-4-6-16(11-14)28(25,26)21-17-8-7-15(27-18(17)13-23)12-19(24)22-9-2-1-3-10-22/h4-8,11,15,17-18,21,23H,1-3,9-10,12-13H2/t15-,17+,18+/m1/s1. The summed E-state index contributed by atoms with van der Waals surface area (Å²) in [7, 11) is -3.99. The summed E-state index contributed by atoms with van der Waals surface area (Å²) in [5.41, 5.74) is 0. The number of carbonyl (C=O) groups is 1. The number of piperidine rings is 1. The van der Waals surface area contributed by atoms with E-state index in [0.29, 0.717) is 0 Å². The third-order valence-corrected chi connectivity index (χ3v) is 6.40. The normalized spacial score (nSPS) is 25.6. The highest BCUT2D eigenvalue weighted by Gasteiger charge is 2.32. The van der Waals surface area contributed by atoms with Gasteiger partial charge in [-0.15, -0.1) is 0 Å². The zero-order chi connectivity index (χ0) is 20.1. The SMILES string of the molecule is O=C(C[C@H]1C=C[C@H](NS(=O)(=O)c2cccc(F)c2)[C@H](CO)O1)N1CCCCC1. The minimum Gasteiger partial charge on any atom is -0.394 e. The van der Waals surface area contributed by atoms with Crippen molar-refractivity contribution in [3.8, 4) is 0 Å². The van der Waals surface area contributed by atoms with Gasteiger partial charge < -0.3 is 14.7 Å². The highest BCUT2D eigenvalue weighted by atomic mass is 32.2. The summed E-state index contributed by atoms with van der Waals surface area (Å²) in [6, 6.07) is 3.85. The number of likely N-dealkylation sites (tertiary alicyclic amines) is 1. The highest BCUT2D eigenvalue weighted by Crippen LogP contribution is 2.20. The number of carbonyl (C=O) groups excluding carboxylic acids is 1. The van der Waals surface area contributed by atoms with Crippen LogP contribution < -0.4 is 4.72 Å². The summed E-state index contributed by atoms with van der Waals surface area (Å²) in [5, 5.41) is 9.62. The molecule has 1 aromatic rings. The first kappa shape index (κ1) is 20.9. The molecule has 0 saturated carbocycles. The number of nitrogens with one attached hydrogen (secondary N) is 1. The van der Waals surface area contributed by atoms with Crippen molar-refractivity contribution in [2.45, 2.75) is 48.8 Å². The Morgan fingerprint density at radius 2 is 2.00 bits per heavy atom. The fourth-order valence-corrected chi connectivity index (χ4v) is 4.69. The molecular formula is C19H25FN2O5S. The number of amides is 1. The predicted octanol–water partition coefficient (Wildman–Crippen LogP) is 1.19. The van der Waals surface area contributed by atoms with Gasteiger partial charge in [0, 0.05) is 13.1 Å². The molecule has 1 saturated heterocycles. The van der Waals surface area contributed by atoms with E-state index in [0.717, 1.165) is 44.5 Å². The molecule has 0 bridgehead atoms. The number of sulfonamides is 1. The van der Waals surface area contributed by atoms with E-state index in [1.54, 1.807) is 12.2 Å². The lowest BCUT2D eigenvalue weighted by Gasteiger charge is -2.33. The van der Waals surface area contributed by atoms with Gasteiger partial charge >= 0.3 is 0 Å². The van der Waals surface area contributed by atoms with E-state index in [9.17, 15) is 22.7 Å². The lowest BCUT2D eigenvalue weighted by atomic mass is 10.0. The Labute approximate surface area is 164 Å². The monoisotopic (exact) mass is 412 g/mol. The summed E-state index contributed by atoms with van der Waals surface area (Å²) in [6.45, 7) is 1.07. The lowest BCUT2D eigenvalue weighted by Crippen LogP contribution is -2.49. The summed E-state index contributed by atoms with van der Waals surface area (Å²) in [4.78, 5) is 14.0. The van der Waals surface area contributed by atoms with Gasteiger partial charge in [0.15, 0.2) is 0 Å². The number of nitrogens with zero attached hydrogens (tertiary/aromatic N) is 1. The topological polar surface area (TPSA) is 95.9 Å². The third-order valence-electron chi connectivity index (χ3n) is 4.95. The molecule has 0 spiro atoms. The van der Waals surface area contributed by atoms with Crippen LogP contribution in [0.1, 0.15) is 25.7 Å². The van der Waals surface area contributed by atoms with Crippen molar-refractivity contribution < 1.29 is 27.4 Å². The van der Waals surface area contributed by atoms with Crippen LogP contribution in [0.5, 0.6) is 0 Å². The Morgan fingerprint density at radius 3 is 2.68 bits per heavy atom. The summed E-state index contributed by atoms with van der Waals surface area (Å²) in [6.07, 6.45) is 5.11. The summed E-state index contributed by atoms with van der Waals surface area (Å²) >= 11 is 0. The first-order valence-electron chi connectivity index (χ1n) is 9.39. The van der Waals surface area contributed by atoms with Crippen LogP contribution in [0.15, 0.2) is 41.3 Å². The number of benzene rings is 1. The van der Waals surface area contributed by atoms with Crippen LogP contribution in [0.4, 0.5) is 4.39 Å². The maximum Gasteiger partial charge on any atom is 0.241 e. The van der Waals surface area contributed by atoms with Crippen molar-refractivity contribution in [2.75, 3.05) is 19.7 Å². The van der Waals surface area contributed by atoms with E-state index in [-0.39, 0.29) is 17.2 Å². The second kappa shape index (κ2) is 9.13. The second-order valence-electron chi connectivity index (χ2n) is 7.03. The van der Waals surface area contributed by atoms with E-state index in [1.807, 2.05) is 4.90 Å². The third kappa shape index (κ3) is 5.16. The van der Waals surface area contributed by atoms with E-state index in [4.69, 9.17) is 4.74 Å². The van der Waals surface area contributed by atoms with Crippen molar-refractivity contribution in [3.63, 3.8) is 0 Å². The van der Waals surface area contributed by atoms with Gasteiger partial charge in [-0.3, -0.25) is 4.79 Å². The van der Waals surface area contributed by atoms with Gasteiger partial charge in [-0.05, 0) is 37.5 Å². The lowest BCUT2D eigenvalue weighted by molar-refractivity contribution is -0.136. The maximum atomic E-state index is 13.3. The molecular weight excluding hydrogens is 387 g/mol. The van der Waals surface area contributed by atoms with Crippen LogP contribution in [0.2, 0.25) is 0 Å².